The van der Waals surface area contributed by atoms with Crippen molar-refractivity contribution in [3.63, 3.8) is 0 Å². The van der Waals surface area contributed by atoms with E-state index >= 15 is 0 Å². The van der Waals surface area contributed by atoms with E-state index in [1.807, 2.05) is 6.26 Å². The fourth-order valence-corrected chi connectivity index (χ4v) is 3.16. The van der Waals surface area contributed by atoms with Crippen molar-refractivity contribution in [2.75, 3.05) is 0 Å². The molecule has 0 radical (unpaired) electrons. The lowest BCUT2D eigenvalue weighted by molar-refractivity contribution is -0.870. The monoisotopic (exact) mass is 303 g/mol. The molecule has 120 valence electrons. The lowest BCUT2D eigenvalue weighted by atomic mass is 9.96. The summed E-state index contributed by atoms with van der Waals surface area (Å²) in [5.41, 5.74) is 5.04. The van der Waals surface area contributed by atoms with Crippen molar-refractivity contribution in [2.45, 2.75) is 77.7 Å². The van der Waals surface area contributed by atoms with E-state index in [9.17, 15) is 0 Å². The zero-order valence-electron chi connectivity index (χ0n) is 14.3. The van der Waals surface area contributed by atoms with Gasteiger partial charge in [0.05, 0.1) is 11.3 Å². The molecule has 1 atom stereocenters. The standard InChI is InChI=1S/C18H27N2O2/c1-11(2)15-10-22-20(18(15)14-6-7-14)8-13(5)16-9-21-19-17(16)12(3)4/h9-14H,6-8H2,1-5H3/q+1. The van der Waals surface area contributed by atoms with Crippen molar-refractivity contribution in [3.8, 4) is 0 Å². The van der Waals surface area contributed by atoms with E-state index in [0.29, 0.717) is 23.7 Å². The van der Waals surface area contributed by atoms with Crippen LogP contribution in [0, 0.1) is 0 Å². The maximum atomic E-state index is 5.89. The molecule has 0 amide bonds. The van der Waals surface area contributed by atoms with Gasteiger partial charge in [-0.15, -0.1) is 0 Å². The Morgan fingerprint density at radius 3 is 2.41 bits per heavy atom. The summed E-state index contributed by atoms with van der Waals surface area (Å²) < 4.78 is 13.2. The molecule has 4 nitrogen and oxygen atoms in total. The predicted octanol–water partition coefficient (Wildman–Crippen LogP) is 4.48. The number of nitrogens with zero attached hydrogens (tertiary/aromatic N) is 2. The van der Waals surface area contributed by atoms with Crippen LogP contribution >= 0.6 is 0 Å². The van der Waals surface area contributed by atoms with Gasteiger partial charge in [0, 0.05) is 17.4 Å². The third-order valence-electron chi connectivity index (χ3n) is 4.60. The molecule has 2 aromatic heterocycles. The summed E-state index contributed by atoms with van der Waals surface area (Å²) in [4.78, 5) is 0. The first-order chi connectivity index (χ1) is 10.5. The SMILES string of the molecule is CC(C)c1co[n+](CC(C)c2conc2C(C)C)c1C1CC1. The minimum atomic E-state index is 0.331. The number of aromatic nitrogens is 2. The van der Waals surface area contributed by atoms with Crippen molar-refractivity contribution in [1.82, 2.24) is 5.16 Å². The molecule has 1 fully saturated rings. The molecule has 0 spiro atoms. The van der Waals surface area contributed by atoms with Crippen LogP contribution in [0.1, 0.15) is 93.6 Å². The fourth-order valence-electron chi connectivity index (χ4n) is 3.16. The van der Waals surface area contributed by atoms with Crippen molar-refractivity contribution in [2.24, 2.45) is 0 Å². The Morgan fingerprint density at radius 1 is 1.09 bits per heavy atom. The van der Waals surface area contributed by atoms with E-state index < -0.39 is 0 Å². The van der Waals surface area contributed by atoms with Gasteiger partial charge in [0.2, 0.25) is 12.2 Å². The Kier molecular flexibility index (Phi) is 4.11. The molecule has 4 heteroatoms. The molecule has 1 aliphatic rings. The van der Waals surface area contributed by atoms with Crippen molar-refractivity contribution in [1.29, 1.82) is 0 Å². The smallest absolute Gasteiger partial charge is 0.238 e. The van der Waals surface area contributed by atoms with Gasteiger partial charge in [-0.1, -0.05) is 39.8 Å². The van der Waals surface area contributed by atoms with E-state index in [0.717, 1.165) is 12.2 Å². The first kappa shape index (κ1) is 15.3. The van der Waals surface area contributed by atoms with Crippen LogP contribution in [0.4, 0.5) is 0 Å². The van der Waals surface area contributed by atoms with Crippen LogP contribution < -0.4 is 4.74 Å². The van der Waals surface area contributed by atoms with E-state index in [2.05, 4.69) is 44.5 Å². The summed E-state index contributed by atoms with van der Waals surface area (Å²) in [6.45, 7) is 11.9. The molecule has 0 N–H and O–H groups in total. The molecular formula is C18H27N2O2+. The fraction of sp³-hybridized carbons (Fsp3) is 0.667. The summed E-state index contributed by atoms with van der Waals surface area (Å²) in [5.74, 6) is 1.91. The first-order valence-corrected chi connectivity index (χ1v) is 8.44. The van der Waals surface area contributed by atoms with Crippen molar-refractivity contribution >= 4 is 0 Å². The van der Waals surface area contributed by atoms with Gasteiger partial charge in [0.15, 0.2) is 6.26 Å². The van der Waals surface area contributed by atoms with Gasteiger partial charge in [-0.3, -0.25) is 0 Å². The summed E-state index contributed by atoms with van der Waals surface area (Å²) in [6, 6.07) is 0. The molecule has 22 heavy (non-hydrogen) atoms. The van der Waals surface area contributed by atoms with E-state index in [4.69, 9.17) is 9.05 Å². The largest absolute Gasteiger partial charge is 0.364 e. The van der Waals surface area contributed by atoms with Crippen molar-refractivity contribution < 1.29 is 13.8 Å². The molecule has 1 saturated carbocycles. The van der Waals surface area contributed by atoms with Gasteiger partial charge in [-0.25, -0.2) is 4.52 Å². The summed E-state index contributed by atoms with van der Waals surface area (Å²) in [5, 5.41) is 4.17. The average molecular weight is 303 g/mol. The van der Waals surface area contributed by atoms with Crippen LogP contribution in [-0.2, 0) is 6.54 Å². The zero-order chi connectivity index (χ0) is 15.9. The Morgan fingerprint density at radius 2 is 1.82 bits per heavy atom. The molecule has 1 unspecified atom stereocenters. The lowest BCUT2D eigenvalue weighted by Crippen LogP contribution is -2.38. The topological polar surface area (TPSA) is 43.0 Å². The molecule has 0 saturated heterocycles. The minimum absolute atomic E-state index is 0.331. The molecule has 2 aromatic rings. The quantitative estimate of drug-likeness (QED) is 0.739. The van der Waals surface area contributed by atoms with Crippen LogP contribution in [0.25, 0.3) is 0 Å². The van der Waals surface area contributed by atoms with Crippen LogP contribution in [0.2, 0.25) is 0 Å². The Bertz CT molecular complexity index is 635. The Hall–Kier alpha value is -1.58. The van der Waals surface area contributed by atoms with Crippen LogP contribution in [0.5, 0.6) is 0 Å². The van der Waals surface area contributed by atoms with Gasteiger partial charge in [-0.2, -0.15) is 0 Å². The molecule has 0 bridgehead atoms. The molecule has 0 aromatic carbocycles. The Labute approximate surface area is 132 Å². The summed E-state index contributed by atoms with van der Waals surface area (Å²) in [6.07, 6.45) is 6.32. The van der Waals surface area contributed by atoms with E-state index in [-0.39, 0.29) is 0 Å². The normalized spacial score (nSPS) is 16.7. The highest BCUT2D eigenvalue weighted by molar-refractivity contribution is 5.23. The van der Waals surface area contributed by atoms with Crippen LogP contribution in [-0.4, -0.2) is 5.16 Å². The first-order valence-electron chi connectivity index (χ1n) is 8.44. The summed E-state index contributed by atoms with van der Waals surface area (Å²) >= 11 is 0. The van der Waals surface area contributed by atoms with Gasteiger partial charge < -0.3 is 4.52 Å². The van der Waals surface area contributed by atoms with E-state index in [1.165, 1.54) is 29.7 Å². The lowest BCUT2D eigenvalue weighted by Gasteiger charge is -2.08. The third-order valence-corrected chi connectivity index (χ3v) is 4.60. The maximum absolute atomic E-state index is 5.89. The molecule has 3 rings (SSSR count). The van der Waals surface area contributed by atoms with Gasteiger partial charge in [0.1, 0.15) is 6.26 Å². The van der Waals surface area contributed by atoms with E-state index in [1.54, 1.807) is 6.26 Å². The second kappa shape index (κ2) is 5.90. The van der Waals surface area contributed by atoms with Gasteiger partial charge in [-0.05, 0) is 29.4 Å². The number of hydrogen-bond donors (Lipinski definition) is 0. The third kappa shape index (κ3) is 2.83. The number of rotatable bonds is 6. The second-order valence-electron chi connectivity index (χ2n) is 7.26. The zero-order valence-corrected chi connectivity index (χ0v) is 14.3. The van der Waals surface area contributed by atoms with Crippen molar-refractivity contribution in [3.05, 3.63) is 35.0 Å². The molecule has 2 heterocycles. The minimum Gasteiger partial charge on any atom is -0.364 e. The summed E-state index contributed by atoms with van der Waals surface area (Å²) in [7, 11) is 0. The van der Waals surface area contributed by atoms with Gasteiger partial charge in [0.25, 0.3) is 0 Å². The average Bonchev–Trinajstić information content (AvgIpc) is 3.02. The highest BCUT2D eigenvalue weighted by Crippen LogP contribution is 2.42. The molecule has 0 aliphatic heterocycles. The predicted molar refractivity (Wildman–Crippen MR) is 84.0 cm³/mol. The maximum Gasteiger partial charge on any atom is 0.238 e. The number of hydrogen-bond acceptors (Lipinski definition) is 3. The molecular weight excluding hydrogens is 276 g/mol. The highest BCUT2D eigenvalue weighted by atomic mass is 16.5. The van der Waals surface area contributed by atoms with Gasteiger partial charge >= 0.3 is 0 Å². The second-order valence-corrected chi connectivity index (χ2v) is 7.26. The molecule has 1 aliphatic carbocycles. The highest BCUT2D eigenvalue weighted by Gasteiger charge is 2.39. The van der Waals surface area contributed by atoms with Crippen LogP contribution in [0.3, 0.4) is 0 Å². The Balaban J connectivity index is 1.85. The van der Waals surface area contributed by atoms with Crippen LogP contribution in [0.15, 0.2) is 21.6 Å².